The third kappa shape index (κ3) is 4.19. The minimum absolute atomic E-state index is 0.889. The highest BCUT2D eigenvalue weighted by molar-refractivity contribution is 4.90. The molecule has 3 unspecified atom stereocenters. The third-order valence-corrected chi connectivity index (χ3v) is 5.66. The Bertz CT molecular complexity index is 274. The molecule has 0 aromatic heterocycles. The van der Waals surface area contributed by atoms with Gasteiger partial charge in [-0.3, -0.25) is 0 Å². The molecule has 0 radical (unpaired) electrons. The monoisotopic (exact) mass is 264 g/mol. The standard InChI is InChI=1S/C17H32N2/c1-19(10-4-2-3-9-18-17-7-8-17)13-16-12-14-5-6-15(16)11-14/h14-18H,2-13H2,1H3. The maximum Gasteiger partial charge on any atom is 0.00682 e. The van der Waals surface area contributed by atoms with E-state index in [1.807, 2.05) is 0 Å². The molecule has 3 aliphatic carbocycles. The minimum Gasteiger partial charge on any atom is -0.314 e. The zero-order chi connectivity index (χ0) is 13.1. The van der Waals surface area contributed by atoms with Gasteiger partial charge in [-0.15, -0.1) is 0 Å². The molecule has 1 N–H and O–H groups in total. The largest absolute Gasteiger partial charge is 0.314 e. The first kappa shape index (κ1) is 13.9. The van der Waals surface area contributed by atoms with E-state index in [2.05, 4.69) is 17.3 Å². The topological polar surface area (TPSA) is 15.3 Å². The molecule has 3 fully saturated rings. The molecule has 0 saturated heterocycles. The summed E-state index contributed by atoms with van der Waals surface area (Å²) < 4.78 is 0. The van der Waals surface area contributed by atoms with Crippen LogP contribution in [0.25, 0.3) is 0 Å². The van der Waals surface area contributed by atoms with Crippen LogP contribution in [0.5, 0.6) is 0 Å². The molecule has 0 aromatic rings. The van der Waals surface area contributed by atoms with E-state index in [4.69, 9.17) is 0 Å². The number of unbranched alkanes of at least 4 members (excludes halogenated alkanes) is 2. The van der Waals surface area contributed by atoms with Crippen LogP contribution in [-0.4, -0.2) is 37.6 Å². The summed E-state index contributed by atoms with van der Waals surface area (Å²) in [4.78, 5) is 2.61. The fraction of sp³-hybridized carbons (Fsp3) is 1.00. The normalized spacial score (nSPS) is 33.5. The second kappa shape index (κ2) is 6.58. The molecule has 3 rings (SSSR count). The van der Waals surface area contributed by atoms with Crippen LogP contribution in [0.1, 0.15) is 57.8 Å². The van der Waals surface area contributed by atoms with Crippen molar-refractivity contribution in [3.63, 3.8) is 0 Å². The summed E-state index contributed by atoms with van der Waals surface area (Å²) in [6.07, 6.45) is 13.2. The summed E-state index contributed by atoms with van der Waals surface area (Å²) in [7, 11) is 2.34. The van der Waals surface area contributed by atoms with Crippen molar-refractivity contribution >= 4 is 0 Å². The summed E-state index contributed by atoms with van der Waals surface area (Å²) in [5, 5.41) is 3.61. The van der Waals surface area contributed by atoms with Gasteiger partial charge in [0.1, 0.15) is 0 Å². The molecule has 2 heteroatoms. The summed E-state index contributed by atoms with van der Waals surface area (Å²) in [5.74, 6) is 3.24. The Kier molecular flexibility index (Phi) is 4.81. The summed E-state index contributed by atoms with van der Waals surface area (Å²) >= 11 is 0. The number of hydrogen-bond acceptors (Lipinski definition) is 2. The Morgan fingerprint density at radius 3 is 2.58 bits per heavy atom. The quantitative estimate of drug-likeness (QED) is 0.643. The lowest BCUT2D eigenvalue weighted by molar-refractivity contribution is 0.217. The van der Waals surface area contributed by atoms with Gasteiger partial charge in [0.15, 0.2) is 0 Å². The van der Waals surface area contributed by atoms with E-state index < -0.39 is 0 Å². The van der Waals surface area contributed by atoms with Gasteiger partial charge in [0.2, 0.25) is 0 Å². The summed E-state index contributed by atoms with van der Waals surface area (Å²) in [6.45, 7) is 3.94. The predicted molar refractivity (Wildman–Crippen MR) is 81.3 cm³/mol. The molecule has 110 valence electrons. The van der Waals surface area contributed by atoms with Crippen molar-refractivity contribution in [2.75, 3.05) is 26.7 Å². The van der Waals surface area contributed by atoms with Crippen LogP contribution >= 0.6 is 0 Å². The highest BCUT2D eigenvalue weighted by Crippen LogP contribution is 2.48. The smallest absolute Gasteiger partial charge is 0.00682 e. The van der Waals surface area contributed by atoms with Gasteiger partial charge < -0.3 is 10.2 Å². The second-order valence-corrected chi connectivity index (χ2v) is 7.49. The van der Waals surface area contributed by atoms with Crippen molar-refractivity contribution < 1.29 is 0 Å². The molecule has 3 atom stereocenters. The Labute approximate surface area is 119 Å². The van der Waals surface area contributed by atoms with Gasteiger partial charge in [0, 0.05) is 12.6 Å². The molecule has 3 aliphatic rings. The van der Waals surface area contributed by atoms with E-state index in [0.29, 0.717) is 0 Å². The van der Waals surface area contributed by atoms with Crippen LogP contribution in [0.15, 0.2) is 0 Å². The van der Waals surface area contributed by atoms with Gasteiger partial charge in [-0.05, 0) is 82.8 Å². The van der Waals surface area contributed by atoms with Gasteiger partial charge in [-0.25, -0.2) is 0 Å². The van der Waals surface area contributed by atoms with Crippen LogP contribution in [0.3, 0.4) is 0 Å². The first-order valence-electron chi connectivity index (χ1n) is 8.73. The number of rotatable bonds is 9. The highest BCUT2D eigenvalue weighted by Gasteiger charge is 2.39. The molecule has 0 heterocycles. The van der Waals surface area contributed by atoms with E-state index in [9.17, 15) is 0 Å². The Hall–Kier alpha value is -0.0800. The summed E-state index contributed by atoms with van der Waals surface area (Å²) in [5.41, 5.74) is 0. The maximum absolute atomic E-state index is 3.61. The van der Waals surface area contributed by atoms with Gasteiger partial charge in [0.25, 0.3) is 0 Å². The van der Waals surface area contributed by atoms with Crippen molar-refractivity contribution in [2.45, 2.75) is 63.8 Å². The first-order chi connectivity index (χ1) is 9.31. The van der Waals surface area contributed by atoms with E-state index in [0.717, 1.165) is 23.8 Å². The lowest BCUT2D eigenvalue weighted by Crippen LogP contribution is -2.29. The number of fused-ring (bicyclic) bond motifs is 2. The number of hydrogen-bond donors (Lipinski definition) is 1. The van der Waals surface area contributed by atoms with Crippen LogP contribution in [-0.2, 0) is 0 Å². The van der Waals surface area contributed by atoms with E-state index in [-0.39, 0.29) is 0 Å². The number of nitrogens with one attached hydrogen (secondary N) is 1. The molecule has 2 bridgehead atoms. The van der Waals surface area contributed by atoms with Crippen molar-refractivity contribution in [1.82, 2.24) is 10.2 Å². The van der Waals surface area contributed by atoms with E-state index >= 15 is 0 Å². The Morgan fingerprint density at radius 1 is 1.00 bits per heavy atom. The first-order valence-corrected chi connectivity index (χ1v) is 8.73. The zero-order valence-corrected chi connectivity index (χ0v) is 12.7. The average Bonchev–Trinajstić information content (AvgIpc) is 2.99. The zero-order valence-electron chi connectivity index (χ0n) is 12.7. The molecule has 2 nitrogen and oxygen atoms in total. The Balaban J connectivity index is 1.20. The third-order valence-electron chi connectivity index (χ3n) is 5.66. The fourth-order valence-corrected chi connectivity index (χ4v) is 4.37. The molecule has 19 heavy (non-hydrogen) atoms. The molecule has 0 aromatic carbocycles. The van der Waals surface area contributed by atoms with Gasteiger partial charge >= 0.3 is 0 Å². The average molecular weight is 264 g/mol. The number of nitrogens with zero attached hydrogens (tertiary/aromatic N) is 1. The van der Waals surface area contributed by atoms with Crippen molar-refractivity contribution in [3.05, 3.63) is 0 Å². The Morgan fingerprint density at radius 2 is 1.89 bits per heavy atom. The minimum atomic E-state index is 0.889. The van der Waals surface area contributed by atoms with Crippen LogP contribution in [0.2, 0.25) is 0 Å². The van der Waals surface area contributed by atoms with Crippen molar-refractivity contribution in [3.8, 4) is 0 Å². The molecular weight excluding hydrogens is 232 g/mol. The van der Waals surface area contributed by atoms with Crippen molar-refractivity contribution in [2.24, 2.45) is 17.8 Å². The highest BCUT2D eigenvalue weighted by atomic mass is 15.1. The summed E-state index contributed by atoms with van der Waals surface area (Å²) in [6, 6.07) is 0.889. The van der Waals surface area contributed by atoms with Crippen molar-refractivity contribution in [1.29, 1.82) is 0 Å². The lowest BCUT2D eigenvalue weighted by atomic mass is 9.88. The maximum atomic E-state index is 3.61. The van der Waals surface area contributed by atoms with E-state index in [1.165, 1.54) is 58.2 Å². The molecule has 0 spiro atoms. The molecule has 0 amide bonds. The van der Waals surface area contributed by atoms with Gasteiger partial charge in [0.05, 0.1) is 0 Å². The molecular formula is C17H32N2. The van der Waals surface area contributed by atoms with Gasteiger partial charge in [-0.1, -0.05) is 12.8 Å². The fourth-order valence-electron chi connectivity index (χ4n) is 4.37. The van der Waals surface area contributed by atoms with E-state index in [1.54, 1.807) is 19.3 Å². The van der Waals surface area contributed by atoms with Crippen LogP contribution < -0.4 is 5.32 Å². The second-order valence-electron chi connectivity index (χ2n) is 7.49. The van der Waals surface area contributed by atoms with Gasteiger partial charge in [-0.2, -0.15) is 0 Å². The molecule has 0 aliphatic heterocycles. The SMILES string of the molecule is CN(CCCCCNC1CC1)CC1CC2CCC1C2. The predicted octanol–water partition coefficient (Wildman–Crippen LogP) is 3.28. The van der Waals surface area contributed by atoms with Crippen LogP contribution in [0, 0.1) is 17.8 Å². The lowest BCUT2D eigenvalue weighted by Gasteiger charge is -2.27. The molecule has 3 saturated carbocycles. The van der Waals surface area contributed by atoms with Crippen LogP contribution in [0.4, 0.5) is 0 Å².